The minimum absolute atomic E-state index is 0.114. The number of rotatable bonds is 3. The molecular weight excluding hydrogens is 268 g/mol. The Morgan fingerprint density at radius 1 is 1.14 bits per heavy atom. The summed E-state index contributed by atoms with van der Waals surface area (Å²) in [5, 5.41) is 7.11. The third kappa shape index (κ3) is 2.78. The lowest BCUT2D eigenvalue weighted by atomic mass is 10.1. The van der Waals surface area contributed by atoms with Crippen LogP contribution < -0.4 is 11.1 Å². The van der Waals surface area contributed by atoms with Crippen LogP contribution in [0.1, 0.15) is 11.1 Å². The van der Waals surface area contributed by atoms with Crippen molar-refractivity contribution in [1.29, 1.82) is 0 Å². The molecule has 0 saturated carbocycles. The number of nitrogens with zero attached hydrogens (tertiary/aromatic N) is 6. The van der Waals surface area contributed by atoms with Gasteiger partial charge in [0.05, 0.1) is 0 Å². The fraction of sp³-hybridized carbons (Fsp3) is 0.154. The number of nitrogens with one attached hydrogen (secondary N) is 1. The maximum atomic E-state index is 5.72. The molecule has 3 aromatic rings. The molecular formula is C13H14N8. The molecule has 0 bridgehead atoms. The van der Waals surface area contributed by atoms with Crippen molar-refractivity contribution in [3.63, 3.8) is 0 Å². The van der Waals surface area contributed by atoms with Gasteiger partial charge in [0.2, 0.25) is 11.9 Å². The summed E-state index contributed by atoms with van der Waals surface area (Å²) in [4.78, 5) is 16.3. The van der Waals surface area contributed by atoms with Crippen molar-refractivity contribution in [1.82, 2.24) is 29.7 Å². The van der Waals surface area contributed by atoms with Crippen molar-refractivity contribution in [2.45, 2.75) is 13.8 Å². The van der Waals surface area contributed by atoms with E-state index in [9.17, 15) is 0 Å². The number of benzene rings is 1. The topological polar surface area (TPSA) is 107 Å². The van der Waals surface area contributed by atoms with Crippen LogP contribution in [-0.4, -0.2) is 29.7 Å². The molecule has 0 aliphatic rings. The summed E-state index contributed by atoms with van der Waals surface area (Å²) in [5.41, 5.74) is 8.92. The Morgan fingerprint density at radius 2 is 2.00 bits per heavy atom. The summed E-state index contributed by atoms with van der Waals surface area (Å²) in [7, 11) is 0. The molecule has 0 atom stereocenters. The van der Waals surface area contributed by atoms with Crippen molar-refractivity contribution < 1.29 is 0 Å². The van der Waals surface area contributed by atoms with Gasteiger partial charge in [-0.3, -0.25) is 0 Å². The summed E-state index contributed by atoms with van der Waals surface area (Å²) in [6, 6.07) is 6.06. The summed E-state index contributed by atoms with van der Waals surface area (Å²) < 4.78 is 1.42. The second-order valence-corrected chi connectivity index (χ2v) is 4.60. The van der Waals surface area contributed by atoms with Crippen LogP contribution in [0, 0.1) is 13.8 Å². The molecule has 8 nitrogen and oxygen atoms in total. The van der Waals surface area contributed by atoms with E-state index in [1.807, 2.05) is 26.0 Å². The zero-order valence-electron chi connectivity index (χ0n) is 11.6. The van der Waals surface area contributed by atoms with Crippen LogP contribution in [0.4, 0.5) is 17.6 Å². The van der Waals surface area contributed by atoms with Crippen molar-refractivity contribution in [2.75, 3.05) is 11.1 Å². The van der Waals surface area contributed by atoms with Crippen molar-refractivity contribution in [3.8, 4) is 5.95 Å². The minimum Gasteiger partial charge on any atom is -0.368 e. The highest BCUT2D eigenvalue weighted by atomic mass is 15.4. The van der Waals surface area contributed by atoms with Gasteiger partial charge in [-0.25, -0.2) is 4.98 Å². The Labute approximate surface area is 121 Å². The maximum Gasteiger partial charge on any atom is 0.258 e. The monoisotopic (exact) mass is 282 g/mol. The quantitative estimate of drug-likeness (QED) is 0.747. The molecule has 3 rings (SSSR count). The van der Waals surface area contributed by atoms with Crippen molar-refractivity contribution >= 4 is 17.6 Å². The Bertz CT molecular complexity index is 766. The number of aromatic nitrogens is 6. The first-order valence-electron chi connectivity index (χ1n) is 6.32. The zero-order valence-corrected chi connectivity index (χ0v) is 11.6. The minimum atomic E-state index is 0.114. The van der Waals surface area contributed by atoms with E-state index in [1.54, 1.807) is 0 Å². The molecule has 1 aromatic carbocycles. The molecule has 3 N–H and O–H groups in total. The third-order valence-corrected chi connectivity index (χ3v) is 2.89. The number of aryl methyl sites for hydroxylation is 2. The predicted octanol–water partition coefficient (Wildman–Crippen LogP) is 1.39. The SMILES string of the molecule is Cc1ccc(Nc2nc(N)nc(-n3cncn3)n2)c(C)c1. The van der Waals surface area contributed by atoms with E-state index < -0.39 is 0 Å². The molecule has 0 aliphatic heterocycles. The van der Waals surface area contributed by atoms with Gasteiger partial charge in [0, 0.05) is 5.69 Å². The van der Waals surface area contributed by atoms with Gasteiger partial charge >= 0.3 is 0 Å². The Hall–Kier alpha value is -3.03. The maximum absolute atomic E-state index is 5.72. The van der Waals surface area contributed by atoms with Crippen LogP contribution in [-0.2, 0) is 0 Å². The lowest BCUT2D eigenvalue weighted by molar-refractivity contribution is 0.800. The predicted molar refractivity (Wildman–Crippen MR) is 78.4 cm³/mol. The molecule has 8 heteroatoms. The second-order valence-electron chi connectivity index (χ2n) is 4.60. The van der Waals surface area contributed by atoms with E-state index in [0.717, 1.165) is 11.3 Å². The molecule has 0 saturated heterocycles. The first-order chi connectivity index (χ1) is 10.1. The van der Waals surface area contributed by atoms with E-state index in [0.29, 0.717) is 11.9 Å². The highest BCUT2D eigenvalue weighted by Gasteiger charge is 2.08. The summed E-state index contributed by atoms with van der Waals surface area (Å²) in [6.07, 6.45) is 2.90. The number of hydrogen-bond donors (Lipinski definition) is 2. The Balaban J connectivity index is 1.95. The van der Waals surface area contributed by atoms with Crippen LogP contribution >= 0.6 is 0 Å². The van der Waals surface area contributed by atoms with Gasteiger partial charge in [0.1, 0.15) is 12.7 Å². The molecule has 21 heavy (non-hydrogen) atoms. The molecule has 106 valence electrons. The Morgan fingerprint density at radius 3 is 2.71 bits per heavy atom. The lowest BCUT2D eigenvalue weighted by Crippen LogP contribution is -2.09. The molecule has 2 heterocycles. The largest absolute Gasteiger partial charge is 0.368 e. The van der Waals surface area contributed by atoms with Crippen LogP contribution in [0.3, 0.4) is 0 Å². The highest BCUT2D eigenvalue weighted by Crippen LogP contribution is 2.19. The van der Waals surface area contributed by atoms with Gasteiger partial charge in [0.15, 0.2) is 0 Å². The van der Waals surface area contributed by atoms with Crippen LogP contribution in [0.5, 0.6) is 0 Å². The molecule has 0 fully saturated rings. The van der Waals surface area contributed by atoms with E-state index >= 15 is 0 Å². The van der Waals surface area contributed by atoms with Gasteiger partial charge in [-0.05, 0) is 25.5 Å². The first-order valence-corrected chi connectivity index (χ1v) is 6.32. The molecule has 0 unspecified atom stereocenters. The van der Waals surface area contributed by atoms with E-state index in [-0.39, 0.29) is 5.95 Å². The summed E-state index contributed by atoms with van der Waals surface area (Å²) in [5.74, 6) is 0.787. The van der Waals surface area contributed by atoms with E-state index in [4.69, 9.17) is 5.73 Å². The molecule has 0 radical (unpaired) electrons. The number of nitrogen functional groups attached to an aromatic ring is 1. The van der Waals surface area contributed by atoms with Gasteiger partial charge in [0.25, 0.3) is 5.95 Å². The standard InChI is InChI=1S/C13H14N8/c1-8-3-4-10(9(2)5-8)17-12-18-11(14)19-13(20-12)21-7-15-6-16-21/h3-7H,1-2H3,(H3,14,17,18,19,20). The first kappa shape index (κ1) is 13.0. The molecule has 0 amide bonds. The van der Waals surface area contributed by atoms with E-state index in [1.165, 1.54) is 22.9 Å². The Kier molecular flexibility index (Phi) is 3.19. The second kappa shape index (κ2) is 5.16. The molecule has 0 aliphatic carbocycles. The van der Waals surface area contributed by atoms with Gasteiger partial charge < -0.3 is 11.1 Å². The van der Waals surface area contributed by atoms with Gasteiger partial charge in [-0.15, -0.1) is 0 Å². The van der Waals surface area contributed by atoms with Gasteiger partial charge in [-0.1, -0.05) is 17.7 Å². The number of anilines is 3. The smallest absolute Gasteiger partial charge is 0.258 e. The summed E-state index contributed by atoms with van der Waals surface area (Å²) >= 11 is 0. The van der Waals surface area contributed by atoms with Gasteiger partial charge in [-0.2, -0.15) is 24.7 Å². The highest BCUT2D eigenvalue weighted by molar-refractivity contribution is 5.59. The number of nitrogens with two attached hydrogens (primary N) is 1. The average molecular weight is 282 g/mol. The van der Waals surface area contributed by atoms with E-state index in [2.05, 4.69) is 36.4 Å². The van der Waals surface area contributed by atoms with Crippen LogP contribution in [0.25, 0.3) is 5.95 Å². The molecule has 0 spiro atoms. The van der Waals surface area contributed by atoms with Crippen molar-refractivity contribution in [2.24, 2.45) is 0 Å². The average Bonchev–Trinajstić information content (AvgIpc) is 2.95. The van der Waals surface area contributed by atoms with Crippen LogP contribution in [0.15, 0.2) is 30.9 Å². The number of hydrogen-bond acceptors (Lipinski definition) is 7. The summed E-state index contributed by atoms with van der Waals surface area (Å²) in [6.45, 7) is 4.05. The molecule has 2 aromatic heterocycles. The zero-order chi connectivity index (χ0) is 14.8. The third-order valence-electron chi connectivity index (χ3n) is 2.89. The van der Waals surface area contributed by atoms with Crippen LogP contribution in [0.2, 0.25) is 0 Å². The normalized spacial score (nSPS) is 10.6. The fourth-order valence-electron chi connectivity index (χ4n) is 1.92. The fourth-order valence-corrected chi connectivity index (χ4v) is 1.92. The lowest BCUT2D eigenvalue weighted by Gasteiger charge is -2.10. The van der Waals surface area contributed by atoms with Crippen molar-refractivity contribution in [3.05, 3.63) is 42.0 Å².